The Balaban J connectivity index is 2.89. The molecule has 1 aliphatic rings. The van der Waals surface area contributed by atoms with Crippen LogP contribution in [-0.2, 0) is 9.53 Å². The van der Waals surface area contributed by atoms with Gasteiger partial charge in [0.15, 0.2) is 0 Å². The predicted octanol–water partition coefficient (Wildman–Crippen LogP) is -3.38. The number of carboxylic acid groups (broad SMARTS) is 1. The summed E-state index contributed by atoms with van der Waals surface area (Å²) in [4.78, 5) is 10.7. The fourth-order valence-electron chi connectivity index (χ4n) is 1.51. The number of ether oxygens (including phenoxy) is 1. The average Bonchev–Trinajstić information content (AvgIpc) is 2.22. The summed E-state index contributed by atoms with van der Waals surface area (Å²) >= 11 is 0. The summed E-state index contributed by atoms with van der Waals surface area (Å²) in [6.07, 6.45) is -7.05. The molecular weight excluding hydrogens is 224 g/mol. The lowest BCUT2D eigenvalue weighted by molar-refractivity contribution is -0.308. The average molecular weight is 238 g/mol. The third kappa shape index (κ3) is 2.32. The Morgan fingerprint density at radius 1 is 1.50 bits per heavy atom. The normalized spacial score (nSPS) is 41.7. The summed E-state index contributed by atoms with van der Waals surface area (Å²) < 4.78 is 4.61. The molecule has 8 heteroatoms. The van der Waals surface area contributed by atoms with Gasteiger partial charge in [-0.3, -0.25) is 0 Å². The second-order valence-electron chi connectivity index (χ2n) is 3.68. The van der Waals surface area contributed by atoms with Crippen LogP contribution < -0.4 is 0 Å². The molecule has 1 rings (SSSR count). The van der Waals surface area contributed by atoms with Crippen molar-refractivity contribution in [2.75, 3.05) is 6.61 Å². The summed E-state index contributed by atoms with van der Waals surface area (Å²) in [6, 6.07) is 0. The molecule has 0 radical (unpaired) electrons. The van der Waals surface area contributed by atoms with Gasteiger partial charge in [-0.05, 0) is 0 Å². The van der Waals surface area contributed by atoms with Gasteiger partial charge in [0.05, 0.1) is 12.7 Å². The first-order chi connectivity index (χ1) is 7.31. The zero-order valence-corrected chi connectivity index (χ0v) is 8.22. The quantitative estimate of drug-likeness (QED) is 0.298. The maximum absolute atomic E-state index is 10.7. The van der Waals surface area contributed by atoms with E-state index < -0.39 is 49.2 Å². The van der Waals surface area contributed by atoms with Crippen molar-refractivity contribution in [2.24, 2.45) is 0 Å². The van der Waals surface area contributed by atoms with Crippen LogP contribution in [0.25, 0.3) is 0 Å². The van der Waals surface area contributed by atoms with E-state index in [9.17, 15) is 25.2 Å². The minimum Gasteiger partial charge on any atom is -0.477 e. The molecule has 0 aromatic rings. The Morgan fingerprint density at radius 2 is 2.06 bits per heavy atom. The molecule has 5 unspecified atom stereocenters. The number of carboxylic acids is 1. The van der Waals surface area contributed by atoms with Crippen molar-refractivity contribution in [3.63, 3.8) is 0 Å². The van der Waals surface area contributed by atoms with E-state index in [1.54, 1.807) is 0 Å². The highest BCUT2D eigenvalue weighted by atomic mass is 16.7. The molecule has 0 bridgehead atoms. The van der Waals surface area contributed by atoms with E-state index in [2.05, 4.69) is 4.74 Å². The van der Waals surface area contributed by atoms with Gasteiger partial charge in [-0.25, -0.2) is 4.79 Å². The molecule has 94 valence electrons. The maximum atomic E-state index is 10.7. The molecule has 0 spiro atoms. The van der Waals surface area contributed by atoms with Crippen molar-refractivity contribution >= 4 is 5.97 Å². The number of hydrogen-bond acceptors (Lipinski definition) is 7. The molecule has 5 atom stereocenters. The van der Waals surface area contributed by atoms with Gasteiger partial charge in [-0.1, -0.05) is 0 Å². The summed E-state index contributed by atoms with van der Waals surface area (Å²) in [5.41, 5.74) is 0. The highest BCUT2D eigenvalue weighted by Crippen LogP contribution is 2.29. The van der Waals surface area contributed by atoms with Crippen molar-refractivity contribution in [3.05, 3.63) is 0 Å². The third-order valence-corrected chi connectivity index (χ3v) is 2.45. The summed E-state index contributed by atoms with van der Waals surface area (Å²) in [7, 11) is 0. The van der Waals surface area contributed by atoms with Crippen LogP contribution in [0, 0.1) is 0 Å². The number of aliphatic hydroxyl groups is 5. The van der Waals surface area contributed by atoms with Crippen LogP contribution in [0.1, 0.15) is 6.42 Å². The Bertz CT molecular complexity index is 269. The molecule has 0 aromatic carbocycles. The predicted molar refractivity (Wildman–Crippen MR) is 47.2 cm³/mol. The Labute approximate surface area is 90.3 Å². The molecule has 6 N–H and O–H groups in total. The smallest absolute Gasteiger partial charge is 0.364 e. The zero-order valence-electron chi connectivity index (χ0n) is 8.22. The minimum absolute atomic E-state index is 0.724. The van der Waals surface area contributed by atoms with Crippen LogP contribution in [0.15, 0.2) is 0 Å². The van der Waals surface area contributed by atoms with Crippen LogP contribution in [0.2, 0.25) is 0 Å². The number of aliphatic hydroxyl groups excluding tert-OH is 4. The largest absolute Gasteiger partial charge is 0.477 e. The van der Waals surface area contributed by atoms with Gasteiger partial charge in [-0.15, -0.1) is 0 Å². The van der Waals surface area contributed by atoms with E-state index in [-0.39, 0.29) is 0 Å². The monoisotopic (exact) mass is 238 g/mol. The lowest BCUT2D eigenvalue weighted by atomic mass is 9.93. The first-order valence-corrected chi connectivity index (χ1v) is 4.60. The van der Waals surface area contributed by atoms with Gasteiger partial charge in [0.1, 0.15) is 18.3 Å². The van der Waals surface area contributed by atoms with Crippen molar-refractivity contribution in [1.82, 2.24) is 0 Å². The zero-order chi connectivity index (χ0) is 12.5. The van der Waals surface area contributed by atoms with Gasteiger partial charge in [0.2, 0.25) is 0 Å². The SMILES string of the molecule is O=C(O)C1(O)CC(O)C(O)C(C(O)CO)O1. The van der Waals surface area contributed by atoms with Gasteiger partial charge in [0.25, 0.3) is 5.79 Å². The van der Waals surface area contributed by atoms with Gasteiger partial charge >= 0.3 is 5.97 Å². The van der Waals surface area contributed by atoms with E-state index >= 15 is 0 Å². The van der Waals surface area contributed by atoms with Gasteiger partial charge < -0.3 is 35.4 Å². The maximum Gasteiger partial charge on any atom is 0.364 e. The summed E-state index contributed by atoms with van der Waals surface area (Å²) in [5, 5.41) is 54.7. The molecule has 16 heavy (non-hydrogen) atoms. The third-order valence-electron chi connectivity index (χ3n) is 2.45. The number of carbonyl (C=O) groups is 1. The molecule has 1 aliphatic heterocycles. The van der Waals surface area contributed by atoms with Gasteiger partial charge in [0, 0.05) is 6.42 Å². The van der Waals surface area contributed by atoms with Crippen molar-refractivity contribution < 1.29 is 40.2 Å². The molecule has 1 fully saturated rings. The first kappa shape index (κ1) is 13.3. The lowest BCUT2D eigenvalue weighted by Gasteiger charge is -2.41. The summed E-state index contributed by atoms with van der Waals surface area (Å²) in [6.45, 7) is -0.801. The molecule has 1 saturated heterocycles. The van der Waals surface area contributed by atoms with Crippen LogP contribution in [0.4, 0.5) is 0 Å². The number of rotatable bonds is 3. The van der Waals surface area contributed by atoms with E-state index in [0.29, 0.717) is 0 Å². The highest BCUT2D eigenvalue weighted by Gasteiger charge is 2.52. The molecule has 0 aliphatic carbocycles. The second kappa shape index (κ2) is 4.62. The number of aliphatic carboxylic acids is 1. The highest BCUT2D eigenvalue weighted by molar-refractivity contribution is 5.75. The Morgan fingerprint density at radius 3 is 2.50 bits per heavy atom. The Kier molecular flexibility index (Phi) is 3.84. The van der Waals surface area contributed by atoms with Crippen molar-refractivity contribution in [1.29, 1.82) is 0 Å². The van der Waals surface area contributed by atoms with Crippen LogP contribution in [-0.4, -0.2) is 73.4 Å². The Hall–Kier alpha value is -0.770. The molecule has 0 saturated carbocycles. The molecule has 0 amide bonds. The van der Waals surface area contributed by atoms with Gasteiger partial charge in [-0.2, -0.15) is 0 Å². The van der Waals surface area contributed by atoms with Crippen LogP contribution in [0.3, 0.4) is 0 Å². The fourth-order valence-corrected chi connectivity index (χ4v) is 1.51. The standard InChI is InChI=1S/C8H14O8/c9-2-4(11)6-5(12)3(10)1-8(15,16-6)7(13)14/h3-6,9-12,15H,1-2H2,(H,13,14). The van der Waals surface area contributed by atoms with Crippen molar-refractivity contribution in [3.8, 4) is 0 Å². The summed E-state index contributed by atoms with van der Waals surface area (Å²) in [5.74, 6) is -4.42. The van der Waals surface area contributed by atoms with E-state index in [1.807, 2.05) is 0 Å². The minimum atomic E-state index is -2.68. The first-order valence-electron chi connectivity index (χ1n) is 4.60. The molecule has 8 nitrogen and oxygen atoms in total. The van der Waals surface area contributed by atoms with Crippen LogP contribution in [0.5, 0.6) is 0 Å². The lowest BCUT2D eigenvalue weighted by Crippen LogP contribution is -2.61. The second-order valence-corrected chi connectivity index (χ2v) is 3.68. The van der Waals surface area contributed by atoms with E-state index in [0.717, 1.165) is 0 Å². The topological polar surface area (TPSA) is 148 Å². The number of hydrogen-bond donors (Lipinski definition) is 6. The molecular formula is C8H14O8. The van der Waals surface area contributed by atoms with E-state index in [1.165, 1.54) is 0 Å². The fraction of sp³-hybridized carbons (Fsp3) is 0.875. The van der Waals surface area contributed by atoms with Crippen LogP contribution >= 0.6 is 0 Å². The molecule has 0 aromatic heterocycles. The molecule has 1 heterocycles. The van der Waals surface area contributed by atoms with E-state index in [4.69, 9.17) is 10.2 Å². The van der Waals surface area contributed by atoms with Crippen molar-refractivity contribution in [2.45, 2.75) is 36.6 Å².